The van der Waals surface area contributed by atoms with Crippen molar-refractivity contribution in [2.24, 2.45) is 0 Å². The third kappa shape index (κ3) is 3.93. The Labute approximate surface area is 157 Å². The lowest BCUT2D eigenvalue weighted by atomic mass is 10.1. The molecule has 1 heterocycles. The molecule has 0 fully saturated rings. The van der Waals surface area contributed by atoms with Gasteiger partial charge in [0.2, 0.25) is 0 Å². The molecule has 0 saturated carbocycles. The maximum absolute atomic E-state index is 12.8. The maximum Gasteiger partial charge on any atom is 0.344 e. The average molecular weight is 364 g/mol. The van der Waals surface area contributed by atoms with E-state index in [9.17, 15) is 9.59 Å². The highest BCUT2D eigenvalue weighted by molar-refractivity contribution is 5.99. The average Bonchev–Trinajstić information content (AvgIpc) is 3.01. The Balaban J connectivity index is 1.60. The lowest BCUT2D eigenvalue weighted by Crippen LogP contribution is -2.43. The lowest BCUT2D eigenvalue weighted by Gasteiger charge is -2.25. The van der Waals surface area contributed by atoms with Gasteiger partial charge in [-0.2, -0.15) is 5.26 Å². The summed E-state index contributed by atoms with van der Waals surface area (Å²) in [4.78, 5) is 26.5. The number of carbonyl (C=O) groups is 2. The molecule has 2 aromatic carbocycles. The Morgan fingerprint density at radius 2 is 1.93 bits per heavy atom. The van der Waals surface area contributed by atoms with Crippen molar-refractivity contribution in [2.75, 3.05) is 11.5 Å². The number of para-hydroxylation sites is 2. The minimum absolute atomic E-state index is 0.00908. The number of rotatable bonds is 5. The molecule has 0 bridgehead atoms. The Kier molecular flexibility index (Phi) is 5.41. The summed E-state index contributed by atoms with van der Waals surface area (Å²) in [6.45, 7) is 3.15. The molecule has 2 aromatic rings. The van der Waals surface area contributed by atoms with E-state index in [1.54, 1.807) is 36.1 Å². The zero-order chi connectivity index (χ0) is 19.4. The van der Waals surface area contributed by atoms with Gasteiger partial charge < -0.3 is 14.4 Å². The smallest absolute Gasteiger partial charge is 0.344 e. The molecule has 1 aliphatic heterocycles. The van der Waals surface area contributed by atoms with Crippen molar-refractivity contribution in [1.29, 1.82) is 5.26 Å². The summed E-state index contributed by atoms with van der Waals surface area (Å²) in [6, 6.07) is 16.3. The fraction of sp³-hybridized carbons (Fsp3) is 0.286. The van der Waals surface area contributed by atoms with Crippen LogP contribution in [0.25, 0.3) is 0 Å². The number of hydrogen-bond donors (Lipinski definition) is 0. The van der Waals surface area contributed by atoms with Gasteiger partial charge in [-0.1, -0.05) is 30.3 Å². The van der Waals surface area contributed by atoms with Crippen LogP contribution < -0.4 is 9.64 Å². The van der Waals surface area contributed by atoms with Crippen LogP contribution in [0.5, 0.6) is 5.75 Å². The summed E-state index contributed by atoms with van der Waals surface area (Å²) in [5, 5.41) is 9.03. The SMILES string of the molecule is C[C@@H]1Cc2ccccc2N1C(=O)[C@@H](C)OC(=O)COc1ccccc1C#N. The van der Waals surface area contributed by atoms with Crippen molar-refractivity contribution in [2.45, 2.75) is 32.4 Å². The van der Waals surface area contributed by atoms with Crippen molar-refractivity contribution >= 4 is 17.6 Å². The van der Waals surface area contributed by atoms with Crippen LogP contribution in [0.15, 0.2) is 48.5 Å². The second-order valence-electron chi connectivity index (χ2n) is 6.42. The number of esters is 1. The van der Waals surface area contributed by atoms with Gasteiger partial charge in [-0.15, -0.1) is 0 Å². The van der Waals surface area contributed by atoms with E-state index in [1.165, 1.54) is 0 Å². The van der Waals surface area contributed by atoms with Gasteiger partial charge in [0.1, 0.15) is 11.8 Å². The summed E-state index contributed by atoms with van der Waals surface area (Å²) >= 11 is 0. The predicted molar refractivity (Wildman–Crippen MR) is 99.3 cm³/mol. The second-order valence-corrected chi connectivity index (χ2v) is 6.42. The van der Waals surface area contributed by atoms with Crippen LogP contribution in [0.4, 0.5) is 5.69 Å². The highest BCUT2D eigenvalue weighted by atomic mass is 16.6. The third-order valence-corrected chi connectivity index (χ3v) is 4.45. The van der Waals surface area contributed by atoms with Crippen LogP contribution in [0.2, 0.25) is 0 Å². The van der Waals surface area contributed by atoms with Crippen molar-refractivity contribution in [3.8, 4) is 11.8 Å². The minimum Gasteiger partial charge on any atom is -0.481 e. The predicted octanol–water partition coefficient (Wildman–Crippen LogP) is 2.85. The molecule has 6 heteroatoms. The van der Waals surface area contributed by atoms with Crippen molar-refractivity contribution in [1.82, 2.24) is 0 Å². The number of ether oxygens (including phenoxy) is 2. The summed E-state index contributed by atoms with van der Waals surface area (Å²) in [6.07, 6.45) is -0.155. The monoisotopic (exact) mass is 364 g/mol. The lowest BCUT2D eigenvalue weighted by molar-refractivity contribution is -0.155. The first-order valence-electron chi connectivity index (χ1n) is 8.73. The Morgan fingerprint density at radius 3 is 2.70 bits per heavy atom. The van der Waals surface area contributed by atoms with Gasteiger partial charge in [-0.3, -0.25) is 4.79 Å². The van der Waals surface area contributed by atoms with Gasteiger partial charge in [0.25, 0.3) is 5.91 Å². The molecule has 3 rings (SSSR count). The number of fused-ring (bicyclic) bond motifs is 1. The minimum atomic E-state index is -0.930. The molecule has 27 heavy (non-hydrogen) atoms. The molecule has 1 aliphatic rings. The van der Waals surface area contributed by atoms with E-state index in [0.29, 0.717) is 11.3 Å². The first kappa shape index (κ1) is 18.5. The normalized spacial score (nSPS) is 16.2. The topological polar surface area (TPSA) is 79.6 Å². The molecule has 0 saturated heterocycles. The number of nitriles is 1. The molecule has 138 valence electrons. The zero-order valence-electron chi connectivity index (χ0n) is 15.2. The van der Waals surface area contributed by atoms with E-state index in [1.807, 2.05) is 37.3 Å². The molecular formula is C21H20N2O4. The maximum atomic E-state index is 12.8. The van der Waals surface area contributed by atoms with E-state index in [2.05, 4.69) is 0 Å². The van der Waals surface area contributed by atoms with E-state index in [-0.39, 0.29) is 18.6 Å². The fourth-order valence-electron chi connectivity index (χ4n) is 3.20. The molecule has 0 spiro atoms. The number of amides is 1. The first-order chi connectivity index (χ1) is 13.0. The summed E-state index contributed by atoms with van der Waals surface area (Å²) in [5.41, 5.74) is 2.29. The third-order valence-electron chi connectivity index (χ3n) is 4.45. The highest BCUT2D eigenvalue weighted by Gasteiger charge is 2.34. The van der Waals surface area contributed by atoms with Crippen LogP contribution in [0.1, 0.15) is 25.0 Å². The van der Waals surface area contributed by atoms with Gasteiger partial charge in [0, 0.05) is 11.7 Å². The standard InChI is InChI=1S/C21H20N2O4/c1-14-11-16-7-3-5-9-18(16)23(14)21(25)15(2)27-20(24)13-26-19-10-6-4-8-17(19)12-22/h3-10,14-15H,11,13H2,1-2H3/t14-,15-/m1/s1. The Morgan fingerprint density at radius 1 is 1.22 bits per heavy atom. The number of hydrogen-bond acceptors (Lipinski definition) is 5. The Bertz CT molecular complexity index is 903. The molecule has 0 N–H and O–H groups in total. The van der Waals surface area contributed by atoms with Crippen LogP contribution in [-0.2, 0) is 20.7 Å². The van der Waals surface area contributed by atoms with E-state index in [4.69, 9.17) is 14.7 Å². The zero-order valence-corrected chi connectivity index (χ0v) is 15.2. The van der Waals surface area contributed by atoms with Gasteiger partial charge >= 0.3 is 5.97 Å². The molecule has 0 unspecified atom stereocenters. The van der Waals surface area contributed by atoms with Crippen molar-refractivity contribution in [3.05, 3.63) is 59.7 Å². The van der Waals surface area contributed by atoms with Crippen LogP contribution in [0, 0.1) is 11.3 Å². The van der Waals surface area contributed by atoms with Crippen molar-refractivity contribution in [3.63, 3.8) is 0 Å². The summed E-state index contributed by atoms with van der Waals surface area (Å²) in [7, 11) is 0. The number of carbonyl (C=O) groups excluding carboxylic acids is 2. The number of benzene rings is 2. The van der Waals surface area contributed by atoms with Crippen LogP contribution in [-0.4, -0.2) is 30.6 Å². The molecule has 6 nitrogen and oxygen atoms in total. The van der Waals surface area contributed by atoms with E-state index in [0.717, 1.165) is 17.7 Å². The van der Waals surface area contributed by atoms with E-state index >= 15 is 0 Å². The van der Waals surface area contributed by atoms with E-state index < -0.39 is 12.1 Å². The first-order valence-corrected chi connectivity index (χ1v) is 8.73. The second kappa shape index (κ2) is 7.92. The summed E-state index contributed by atoms with van der Waals surface area (Å²) < 4.78 is 10.6. The molecule has 0 aromatic heterocycles. The quantitative estimate of drug-likeness (QED) is 0.762. The number of anilines is 1. The van der Waals surface area contributed by atoms with Gasteiger partial charge in [-0.25, -0.2) is 4.79 Å². The number of nitrogens with zero attached hydrogens (tertiary/aromatic N) is 2. The molecular weight excluding hydrogens is 344 g/mol. The van der Waals surface area contributed by atoms with Crippen LogP contribution >= 0.6 is 0 Å². The molecule has 0 aliphatic carbocycles. The van der Waals surface area contributed by atoms with Crippen LogP contribution in [0.3, 0.4) is 0 Å². The van der Waals surface area contributed by atoms with Crippen molar-refractivity contribution < 1.29 is 19.1 Å². The molecule has 1 amide bonds. The Hall–Kier alpha value is -3.33. The summed E-state index contributed by atoms with van der Waals surface area (Å²) in [5.74, 6) is -0.625. The van der Waals surface area contributed by atoms with Gasteiger partial charge in [0.15, 0.2) is 12.7 Å². The molecule has 0 radical (unpaired) electrons. The molecule has 2 atom stereocenters. The fourth-order valence-corrected chi connectivity index (χ4v) is 3.20. The van der Waals surface area contributed by atoms with Gasteiger partial charge in [0.05, 0.1) is 5.56 Å². The highest BCUT2D eigenvalue weighted by Crippen LogP contribution is 2.32. The van der Waals surface area contributed by atoms with Gasteiger partial charge in [-0.05, 0) is 44.0 Å². The largest absolute Gasteiger partial charge is 0.481 e.